The lowest BCUT2D eigenvalue weighted by Gasteiger charge is -2.35. The number of fused-ring (bicyclic) bond motifs is 2. The molecule has 0 aromatic heterocycles. The van der Waals surface area contributed by atoms with Crippen LogP contribution in [0.15, 0.2) is 0 Å². The molecule has 0 aliphatic carbocycles. The molecule has 0 N–H and O–H groups in total. The molecule has 2 heterocycles. The second-order valence-electron chi connectivity index (χ2n) is 4.17. The van der Waals surface area contributed by atoms with Crippen LogP contribution >= 0.6 is 0 Å². The minimum atomic E-state index is -0.860. The number of morpholine rings is 1. The van der Waals surface area contributed by atoms with Crippen LogP contribution in [0.25, 0.3) is 0 Å². The summed E-state index contributed by atoms with van der Waals surface area (Å²) in [6.07, 6.45) is 1.45. The lowest BCUT2D eigenvalue weighted by Crippen LogP contribution is -2.48. The van der Waals surface area contributed by atoms with Crippen LogP contribution in [0.4, 0.5) is 4.39 Å². The van der Waals surface area contributed by atoms with E-state index in [4.69, 9.17) is 9.47 Å². The summed E-state index contributed by atoms with van der Waals surface area (Å²) in [5, 5.41) is 0. The first-order valence-corrected chi connectivity index (χ1v) is 5.27. The normalized spacial score (nSPS) is 34.7. The van der Waals surface area contributed by atoms with E-state index in [0.29, 0.717) is 18.6 Å². The summed E-state index contributed by atoms with van der Waals surface area (Å²) in [6, 6.07) is 0.896. The van der Waals surface area contributed by atoms with E-state index in [1.807, 2.05) is 0 Å². The number of rotatable bonds is 4. The number of alkyl halides is 1. The third-order valence-electron chi connectivity index (χ3n) is 3.15. The largest absolute Gasteiger partial charge is 0.382 e. The summed E-state index contributed by atoms with van der Waals surface area (Å²) >= 11 is 0. The van der Waals surface area contributed by atoms with Crippen molar-refractivity contribution in [2.45, 2.75) is 31.1 Å². The fraction of sp³-hybridized carbons (Fsp3) is 1.00. The van der Waals surface area contributed by atoms with Crippen molar-refractivity contribution in [2.75, 3.05) is 33.5 Å². The van der Waals surface area contributed by atoms with Crippen LogP contribution in [-0.2, 0) is 9.47 Å². The molecule has 2 rings (SSSR count). The van der Waals surface area contributed by atoms with Crippen molar-refractivity contribution in [3.05, 3.63) is 0 Å². The Morgan fingerprint density at radius 3 is 2.64 bits per heavy atom. The number of methoxy groups -OCH3 is 1. The Morgan fingerprint density at radius 1 is 1.43 bits per heavy atom. The van der Waals surface area contributed by atoms with E-state index < -0.39 is 6.17 Å². The molecule has 0 saturated carbocycles. The predicted molar refractivity (Wildman–Crippen MR) is 51.1 cm³/mol. The number of nitrogens with zero attached hydrogens (tertiary/aromatic N) is 1. The van der Waals surface area contributed by atoms with Crippen molar-refractivity contribution in [1.82, 2.24) is 4.90 Å². The Morgan fingerprint density at radius 2 is 2.07 bits per heavy atom. The Kier molecular flexibility index (Phi) is 3.36. The van der Waals surface area contributed by atoms with Gasteiger partial charge >= 0.3 is 0 Å². The maximum absolute atomic E-state index is 13.4. The SMILES string of the molecule is COC[C@H](F)CN1C2CCC1COC2. The summed E-state index contributed by atoms with van der Waals surface area (Å²) in [5.74, 6) is 0. The molecule has 3 nitrogen and oxygen atoms in total. The van der Waals surface area contributed by atoms with Gasteiger partial charge in [0.2, 0.25) is 0 Å². The highest BCUT2D eigenvalue weighted by atomic mass is 19.1. The first kappa shape index (κ1) is 10.3. The van der Waals surface area contributed by atoms with Gasteiger partial charge in [-0.1, -0.05) is 0 Å². The van der Waals surface area contributed by atoms with Gasteiger partial charge in [-0.2, -0.15) is 0 Å². The maximum Gasteiger partial charge on any atom is 0.136 e. The zero-order valence-electron chi connectivity index (χ0n) is 8.62. The second kappa shape index (κ2) is 4.55. The molecule has 2 saturated heterocycles. The van der Waals surface area contributed by atoms with E-state index in [0.717, 1.165) is 26.1 Å². The van der Waals surface area contributed by atoms with E-state index in [9.17, 15) is 4.39 Å². The minimum absolute atomic E-state index is 0.205. The topological polar surface area (TPSA) is 21.7 Å². The number of ether oxygens (including phenoxy) is 2. The molecule has 0 aromatic carbocycles. The minimum Gasteiger partial charge on any atom is -0.382 e. The monoisotopic (exact) mass is 203 g/mol. The van der Waals surface area contributed by atoms with Gasteiger partial charge in [-0.3, -0.25) is 4.90 Å². The Labute approximate surface area is 84.2 Å². The van der Waals surface area contributed by atoms with E-state index in [2.05, 4.69) is 4.90 Å². The Bertz CT molecular complexity index is 175. The molecule has 2 bridgehead atoms. The molecule has 0 aromatic rings. The summed E-state index contributed by atoms with van der Waals surface area (Å²) in [6.45, 7) is 2.26. The van der Waals surface area contributed by atoms with E-state index in [1.54, 1.807) is 7.11 Å². The summed E-state index contributed by atoms with van der Waals surface area (Å²) < 4.78 is 23.6. The zero-order chi connectivity index (χ0) is 9.97. The van der Waals surface area contributed by atoms with Gasteiger partial charge in [0.1, 0.15) is 6.17 Å². The fourth-order valence-corrected chi connectivity index (χ4v) is 2.47. The van der Waals surface area contributed by atoms with E-state index in [1.165, 1.54) is 0 Å². The molecule has 0 amide bonds. The molecule has 2 fully saturated rings. The molecule has 14 heavy (non-hydrogen) atoms. The number of halogens is 1. The van der Waals surface area contributed by atoms with Gasteiger partial charge in [0, 0.05) is 25.7 Å². The average molecular weight is 203 g/mol. The number of hydrogen-bond donors (Lipinski definition) is 0. The molecular weight excluding hydrogens is 185 g/mol. The first-order chi connectivity index (χ1) is 6.81. The van der Waals surface area contributed by atoms with Crippen LogP contribution in [-0.4, -0.2) is 56.6 Å². The predicted octanol–water partition coefficient (Wildman–Crippen LogP) is 0.834. The van der Waals surface area contributed by atoms with Gasteiger partial charge in [0.05, 0.1) is 19.8 Å². The fourth-order valence-electron chi connectivity index (χ4n) is 2.47. The van der Waals surface area contributed by atoms with Gasteiger partial charge in [-0.05, 0) is 12.8 Å². The standard InChI is InChI=1S/C10H18FNO2/c1-13-5-8(11)4-12-9-2-3-10(12)7-14-6-9/h8-10H,2-7H2,1H3/t8-,9?,10?/m1/s1. The number of hydrogen-bond acceptors (Lipinski definition) is 3. The molecule has 0 spiro atoms. The Hall–Kier alpha value is -0.190. The molecule has 4 heteroatoms. The average Bonchev–Trinajstić information content (AvgIpc) is 2.41. The quantitative estimate of drug-likeness (QED) is 0.675. The second-order valence-corrected chi connectivity index (χ2v) is 4.17. The van der Waals surface area contributed by atoms with Crippen LogP contribution in [0.5, 0.6) is 0 Å². The Balaban J connectivity index is 1.85. The highest BCUT2D eigenvalue weighted by Gasteiger charge is 2.38. The molecule has 3 atom stereocenters. The third kappa shape index (κ3) is 2.07. The van der Waals surface area contributed by atoms with Crippen molar-refractivity contribution < 1.29 is 13.9 Å². The van der Waals surface area contributed by atoms with Crippen LogP contribution in [0.2, 0.25) is 0 Å². The van der Waals surface area contributed by atoms with Crippen molar-refractivity contribution in [1.29, 1.82) is 0 Å². The van der Waals surface area contributed by atoms with Gasteiger partial charge < -0.3 is 9.47 Å². The molecular formula is C10H18FNO2. The van der Waals surface area contributed by atoms with Crippen molar-refractivity contribution in [2.24, 2.45) is 0 Å². The highest BCUT2D eigenvalue weighted by Crippen LogP contribution is 2.28. The van der Waals surface area contributed by atoms with Crippen LogP contribution in [0.3, 0.4) is 0 Å². The van der Waals surface area contributed by atoms with Crippen molar-refractivity contribution in [3.63, 3.8) is 0 Å². The third-order valence-corrected chi connectivity index (χ3v) is 3.15. The molecule has 2 unspecified atom stereocenters. The summed E-state index contributed by atoms with van der Waals surface area (Å²) in [5.41, 5.74) is 0. The molecule has 2 aliphatic heterocycles. The lowest BCUT2D eigenvalue weighted by atomic mass is 10.2. The van der Waals surface area contributed by atoms with Gasteiger partial charge in [-0.15, -0.1) is 0 Å². The van der Waals surface area contributed by atoms with E-state index >= 15 is 0 Å². The molecule has 2 aliphatic rings. The van der Waals surface area contributed by atoms with Crippen LogP contribution in [0, 0.1) is 0 Å². The van der Waals surface area contributed by atoms with Gasteiger partial charge in [-0.25, -0.2) is 4.39 Å². The van der Waals surface area contributed by atoms with Crippen LogP contribution < -0.4 is 0 Å². The van der Waals surface area contributed by atoms with Crippen LogP contribution in [0.1, 0.15) is 12.8 Å². The van der Waals surface area contributed by atoms with Crippen molar-refractivity contribution in [3.8, 4) is 0 Å². The molecule has 0 radical (unpaired) electrons. The highest BCUT2D eigenvalue weighted by molar-refractivity contribution is 4.91. The zero-order valence-corrected chi connectivity index (χ0v) is 8.62. The lowest BCUT2D eigenvalue weighted by molar-refractivity contribution is -0.0304. The summed E-state index contributed by atoms with van der Waals surface area (Å²) in [4.78, 5) is 2.26. The summed E-state index contributed by atoms with van der Waals surface area (Å²) in [7, 11) is 1.54. The van der Waals surface area contributed by atoms with Gasteiger partial charge in [0.25, 0.3) is 0 Å². The first-order valence-electron chi connectivity index (χ1n) is 5.27. The molecule has 82 valence electrons. The van der Waals surface area contributed by atoms with Crippen molar-refractivity contribution >= 4 is 0 Å². The smallest absolute Gasteiger partial charge is 0.136 e. The van der Waals surface area contributed by atoms with Gasteiger partial charge in [0.15, 0.2) is 0 Å². The van der Waals surface area contributed by atoms with E-state index in [-0.39, 0.29) is 6.61 Å². The maximum atomic E-state index is 13.4.